The monoisotopic (exact) mass is 1560 g/mol. The van der Waals surface area contributed by atoms with Gasteiger partial charge in [0.15, 0.2) is 23.1 Å². The normalized spacial score (nSPS) is 14.1. The standard InChI is InChI=1S/C63H112N10O23.C9H18N2O2/c1-3-52(62(64)85)12-6-5-7-14-54(76)42-90-36-37-92-46-65-39-57(79)45-91-35-33-87-30-19-68-59(81)17-10-16-58(80)67-18-9-8-13-53(63(86)66-4-2)38-56(78)44-94-51-93-29-11-15-55(77)43-89-34-32-88-31-20-69-60(82)40-70-21-22-71(41-61(83)84)24-26-73(48-96-50-75)28-27-72(25-23-70)47-95-49-74;1-3-4-5-8(9(10)13)11-6-7(2)12/h49-50,52-53,65H,3-48,51H2,1-2H3,(H2,64,85)(H,66,86)(H,67,80)(H,68,81)(H,69,82)(H,83,84);8,11H,3-6H2,1-2H3,(H2,10,13)/t52?,53-;8-/m10/s1. The maximum absolute atomic E-state index is 12.9. The molecule has 0 saturated carbocycles. The van der Waals surface area contributed by atoms with Gasteiger partial charge in [0.05, 0.1) is 91.8 Å². The lowest BCUT2D eigenvalue weighted by atomic mass is 9.95. The second-order valence-electron chi connectivity index (χ2n) is 25.9. The van der Waals surface area contributed by atoms with E-state index in [0.29, 0.717) is 123 Å². The van der Waals surface area contributed by atoms with Crippen LogP contribution in [0.3, 0.4) is 0 Å². The van der Waals surface area contributed by atoms with Crippen LogP contribution in [0, 0.1) is 11.8 Å². The summed E-state index contributed by atoms with van der Waals surface area (Å²) in [4.78, 5) is 173. The highest BCUT2D eigenvalue weighted by Crippen LogP contribution is 2.16. The molecule has 0 aromatic carbocycles. The Morgan fingerprint density at radius 3 is 1.49 bits per heavy atom. The summed E-state index contributed by atoms with van der Waals surface area (Å²) in [5, 5.41) is 26.3. The first-order valence-electron chi connectivity index (χ1n) is 38.1. The predicted octanol–water partition coefficient (Wildman–Crippen LogP) is -1.25. The topological polar surface area (TPSA) is 489 Å². The number of ether oxygens (including phenoxy) is 10. The van der Waals surface area contributed by atoms with Crippen LogP contribution in [0.4, 0.5) is 0 Å². The molecule has 1 aliphatic heterocycles. The Hall–Kier alpha value is -6.98. The van der Waals surface area contributed by atoms with Gasteiger partial charge in [-0.05, 0) is 65.2 Å². The number of hydrogen-bond acceptors (Lipinski definition) is 30. The van der Waals surface area contributed by atoms with Crippen LogP contribution in [-0.4, -0.2) is 332 Å². The molecule has 1 fully saturated rings. The molecular formula is C72H130N12O25. The molecule has 1 saturated heterocycles. The van der Waals surface area contributed by atoms with Crippen LogP contribution in [0.5, 0.6) is 0 Å². The molecule has 0 aromatic heterocycles. The lowest BCUT2D eigenvalue weighted by Gasteiger charge is -2.33. The van der Waals surface area contributed by atoms with Crippen molar-refractivity contribution < 1.29 is 120 Å². The Morgan fingerprint density at radius 1 is 0.450 bits per heavy atom. The number of amides is 6. The summed E-state index contributed by atoms with van der Waals surface area (Å²) < 4.78 is 53.2. The average molecular weight is 1560 g/mol. The summed E-state index contributed by atoms with van der Waals surface area (Å²) in [6.45, 7) is 14.0. The number of hydrogen-bond donors (Lipinski definition) is 9. The highest BCUT2D eigenvalue weighted by atomic mass is 16.7. The lowest BCUT2D eigenvalue weighted by Crippen LogP contribution is -2.49. The highest BCUT2D eigenvalue weighted by Gasteiger charge is 2.24. The van der Waals surface area contributed by atoms with Crippen LogP contribution >= 0.6 is 0 Å². The van der Waals surface area contributed by atoms with Gasteiger partial charge >= 0.3 is 5.97 Å². The summed E-state index contributed by atoms with van der Waals surface area (Å²) in [6.07, 6.45) is 9.81. The number of primary amides is 2. The minimum Gasteiger partial charge on any atom is -0.480 e. The molecule has 37 nitrogen and oxygen atoms in total. The number of Topliss-reactive ketones (excluding diaryl/α,β-unsaturated/α-hetero) is 5. The van der Waals surface area contributed by atoms with Crippen molar-refractivity contribution in [1.82, 2.24) is 51.5 Å². The van der Waals surface area contributed by atoms with E-state index in [1.165, 1.54) is 6.92 Å². The van der Waals surface area contributed by atoms with Crippen LogP contribution in [0.1, 0.15) is 143 Å². The number of ketones is 5. The van der Waals surface area contributed by atoms with Gasteiger partial charge in [0, 0.05) is 129 Å². The van der Waals surface area contributed by atoms with E-state index in [4.69, 9.17) is 58.8 Å². The zero-order chi connectivity index (χ0) is 80.8. The van der Waals surface area contributed by atoms with Gasteiger partial charge in [-0.2, -0.15) is 0 Å². The van der Waals surface area contributed by atoms with E-state index in [2.05, 4.69) is 31.9 Å². The van der Waals surface area contributed by atoms with E-state index in [1.54, 1.807) is 11.8 Å². The van der Waals surface area contributed by atoms with Crippen LogP contribution < -0.4 is 43.4 Å². The van der Waals surface area contributed by atoms with Crippen molar-refractivity contribution >= 4 is 83.3 Å². The molecular weight excluding hydrogens is 1430 g/mol. The van der Waals surface area contributed by atoms with Crippen molar-refractivity contribution in [3.8, 4) is 0 Å². The van der Waals surface area contributed by atoms with Crippen molar-refractivity contribution in [1.29, 1.82) is 0 Å². The number of aliphatic carboxylic acids is 1. The number of nitrogens with zero attached hydrogens (tertiary/aromatic N) is 4. The third-order valence-electron chi connectivity index (χ3n) is 16.5. The van der Waals surface area contributed by atoms with Gasteiger partial charge in [-0.25, -0.2) is 0 Å². The first kappa shape index (κ1) is 102. The third-order valence-corrected chi connectivity index (χ3v) is 16.5. The highest BCUT2D eigenvalue weighted by molar-refractivity contribution is 5.87. The van der Waals surface area contributed by atoms with E-state index in [9.17, 15) is 72.2 Å². The van der Waals surface area contributed by atoms with Crippen molar-refractivity contribution in [3.05, 3.63) is 0 Å². The Bertz CT molecular complexity index is 2530. The molecule has 628 valence electrons. The van der Waals surface area contributed by atoms with Gasteiger partial charge in [0.25, 0.3) is 12.9 Å². The molecule has 3 atom stereocenters. The second kappa shape index (κ2) is 71.3. The minimum absolute atomic E-state index is 0.00886. The summed E-state index contributed by atoms with van der Waals surface area (Å²) in [5.74, 6) is -3.84. The number of carbonyl (C=O) groups is 14. The third kappa shape index (κ3) is 64.4. The van der Waals surface area contributed by atoms with Gasteiger partial charge in [-0.3, -0.25) is 97.4 Å². The number of rotatable bonds is 71. The average Bonchev–Trinajstić information content (AvgIpc) is 0.923. The van der Waals surface area contributed by atoms with E-state index >= 15 is 0 Å². The number of nitrogens with two attached hydrogens (primary N) is 2. The van der Waals surface area contributed by atoms with Crippen LogP contribution in [0.15, 0.2) is 0 Å². The predicted molar refractivity (Wildman–Crippen MR) is 397 cm³/mol. The van der Waals surface area contributed by atoms with Gasteiger partial charge in [0.1, 0.15) is 52.5 Å². The molecule has 0 radical (unpaired) electrons. The number of nitrogens with one attached hydrogen (secondary N) is 6. The number of carbonyl (C=O) groups excluding carboxylic acids is 13. The van der Waals surface area contributed by atoms with Crippen LogP contribution in [-0.2, 0) is 114 Å². The van der Waals surface area contributed by atoms with Crippen LogP contribution in [0.2, 0.25) is 0 Å². The molecule has 6 amide bonds. The first-order valence-corrected chi connectivity index (χ1v) is 38.1. The molecule has 0 spiro atoms. The molecule has 11 N–H and O–H groups in total. The molecule has 1 heterocycles. The molecule has 109 heavy (non-hydrogen) atoms. The Labute approximate surface area is 642 Å². The maximum atomic E-state index is 12.9. The van der Waals surface area contributed by atoms with Crippen molar-refractivity contribution in [2.75, 3.05) is 218 Å². The smallest absolute Gasteiger partial charge is 0.317 e. The summed E-state index contributed by atoms with van der Waals surface area (Å²) in [7, 11) is 0. The molecule has 0 bridgehead atoms. The van der Waals surface area contributed by atoms with Crippen molar-refractivity contribution in [2.45, 2.75) is 149 Å². The van der Waals surface area contributed by atoms with Gasteiger partial charge in [-0.15, -0.1) is 0 Å². The van der Waals surface area contributed by atoms with E-state index in [-0.39, 0.29) is 254 Å². The zero-order valence-electron chi connectivity index (χ0n) is 65.1. The maximum Gasteiger partial charge on any atom is 0.317 e. The largest absolute Gasteiger partial charge is 0.480 e. The van der Waals surface area contributed by atoms with Crippen LogP contribution in [0.25, 0.3) is 0 Å². The Kier molecular flexibility index (Phi) is 66.8. The molecule has 1 unspecified atom stereocenters. The fraction of sp³-hybridized carbons (Fsp3) is 0.806. The Morgan fingerprint density at radius 2 is 0.954 bits per heavy atom. The lowest BCUT2D eigenvalue weighted by molar-refractivity contribution is -0.139. The fourth-order valence-electron chi connectivity index (χ4n) is 10.5. The van der Waals surface area contributed by atoms with E-state index < -0.39 is 11.9 Å². The molecule has 0 aliphatic carbocycles. The SMILES string of the molecule is CCCC[C@H](NCC(C)=O)C(N)=O.CCNC(=O)[C@H](CCCCNC(=O)CCCC(=O)NCCOCCOCC(=O)CNCOCCOCC(=O)CCCCCC(CC)C(N)=O)CC(=O)COCOCCCC(=O)COCCOCCNC(=O)CN1CCN(COC=O)CCN(COC=O)CCN(CC(=O)O)CC1. The van der Waals surface area contributed by atoms with Gasteiger partial charge in [0.2, 0.25) is 35.4 Å². The summed E-state index contributed by atoms with van der Waals surface area (Å²) >= 11 is 0. The second-order valence-corrected chi connectivity index (χ2v) is 25.9. The molecule has 1 aliphatic rings. The summed E-state index contributed by atoms with van der Waals surface area (Å²) in [5.41, 5.74) is 10.5. The van der Waals surface area contributed by atoms with E-state index in [0.717, 1.165) is 44.9 Å². The molecule has 0 aromatic rings. The van der Waals surface area contributed by atoms with Gasteiger partial charge < -0.3 is 85.2 Å². The molecule has 37 heteroatoms. The number of carboxylic acid groups (broad SMARTS) is 1. The Balaban J connectivity index is 0.00000811. The fourth-order valence-corrected chi connectivity index (χ4v) is 10.5. The minimum atomic E-state index is -0.994. The summed E-state index contributed by atoms with van der Waals surface area (Å²) in [6, 6.07) is -0.358. The van der Waals surface area contributed by atoms with Crippen molar-refractivity contribution in [2.24, 2.45) is 23.3 Å². The number of unbranched alkanes of at least 4 members (excludes halogenated alkanes) is 4. The quantitative estimate of drug-likeness (QED) is 0.0195. The van der Waals surface area contributed by atoms with Gasteiger partial charge in [-0.1, -0.05) is 46.0 Å². The van der Waals surface area contributed by atoms with E-state index in [1.807, 2.05) is 28.5 Å². The first-order chi connectivity index (χ1) is 52.6. The zero-order valence-corrected chi connectivity index (χ0v) is 65.1. The van der Waals surface area contributed by atoms with Crippen molar-refractivity contribution in [3.63, 3.8) is 0 Å². The number of carboxylic acids is 1. The molecule has 1 rings (SSSR count).